The van der Waals surface area contributed by atoms with Crippen molar-refractivity contribution in [3.63, 3.8) is 0 Å². The molecule has 0 spiro atoms. The van der Waals surface area contributed by atoms with E-state index in [0.29, 0.717) is 30.1 Å². The van der Waals surface area contributed by atoms with Gasteiger partial charge >= 0.3 is 5.97 Å². The molecular weight excluding hydrogens is 382 g/mol. The maximum absolute atomic E-state index is 12.7. The minimum absolute atomic E-state index is 0.162. The summed E-state index contributed by atoms with van der Waals surface area (Å²) >= 11 is 0. The summed E-state index contributed by atoms with van der Waals surface area (Å²) in [5.74, 6) is -0.817. The Morgan fingerprint density at radius 2 is 1.77 bits per heavy atom. The van der Waals surface area contributed by atoms with Crippen molar-refractivity contribution in [3.05, 3.63) is 60.2 Å². The topological polar surface area (TPSA) is 88.9 Å². The maximum Gasteiger partial charge on any atom is 0.314 e. The fourth-order valence-corrected chi connectivity index (χ4v) is 3.70. The lowest BCUT2D eigenvalue weighted by Gasteiger charge is -2.28. The van der Waals surface area contributed by atoms with Gasteiger partial charge in [-0.25, -0.2) is 0 Å². The van der Waals surface area contributed by atoms with Crippen molar-refractivity contribution >= 4 is 29.2 Å². The molecule has 1 heterocycles. The number of rotatable bonds is 7. The predicted molar refractivity (Wildman–Crippen MR) is 114 cm³/mol. The number of nitrogens with one attached hydrogen (secondary N) is 3. The van der Waals surface area contributed by atoms with Crippen LogP contribution in [-0.4, -0.2) is 44.0 Å². The molecule has 0 aromatic heterocycles. The van der Waals surface area contributed by atoms with Crippen molar-refractivity contribution in [2.24, 2.45) is 5.92 Å². The lowest BCUT2D eigenvalue weighted by Crippen LogP contribution is -3.14. The van der Waals surface area contributed by atoms with Crippen LogP contribution in [0.15, 0.2) is 54.6 Å². The third-order valence-corrected chi connectivity index (χ3v) is 5.13. The number of carbonyl (C=O) groups excluding carboxylic acids is 3. The second-order valence-electron chi connectivity index (χ2n) is 7.39. The summed E-state index contributed by atoms with van der Waals surface area (Å²) < 4.78 is 5.12. The van der Waals surface area contributed by atoms with Gasteiger partial charge in [0.15, 0.2) is 6.54 Å². The Hall–Kier alpha value is -3.19. The molecule has 3 N–H and O–H groups in total. The molecular formula is C23H28N3O4+. The van der Waals surface area contributed by atoms with E-state index in [9.17, 15) is 14.4 Å². The van der Waals surface area contributed by atoms with E-state index in [1.165, 1.54) is 0 Å². The zero-order valence-corrected chi connectivity index (χ0v) is 17.1. The van der Waals surface area contributed by atoms with Crippen LogP contribution in [0.2, 0.25) is 0 Å². The Morgan fingerprint density at radius 1 is 1.03 bits per heavy atom. The lowest BCUT2D eigenvalue weighted by molar-refractivity contribution is -0.899. The summed E-state index contributed by atoms with van der Waals surface area (Å²) in [6.07, 6.45) is 1.68. The van der Waals surface area contributed by atoms with Gasteiger partial charge in [-0.3, -0.25) is 14.4 Å². The molecule has 1 aliphatic heterocycles. The average Bonchev–Trinajstić information content (AvgIpc) is 2.75. The predicted octanol–water partition coefficient (Wildman–Crippen LogP) is 1.74. The smallest absolute Gasteiger partial charge is 0.314 e. The van der Waals surface area contributed by atoms with E-state index < -0.39 is 0 Å². The van der Waals surface area contributed by atoms with Gasteiger partial charge in [0.05, 0.1) is 30.9 Å². The Labute approximate surface area is 176 Å². The molecule has 1 fully saturated rings. The van der Waals surface area contributed by atoms with E-state index >= 15 is 0 Å². The van der Waals surface area contributed by atoms with Crippen LogP contribution in [0.1, 0.15) is 30.1 Å². The molecule has 158 valence electrons. The zero-order chi connectivity index (χ0) is 21.3. The first-order chi connectivity index (χ1) is 14.6. The van der Waals surface area contributed by atoms with Crippen LogP contribution in [0.3, 0.4) is 0 Å². The molecule has 0 aliphatic carbocycles. The van der Waals surface area contributed by atoms with E-state index in [0.717, 1.165) is 24.3 Å². The van der Waals surface area contributed by atoms with Crippen LogP contribution in [0.5, 0.6) is 0 Å². The molecule has 0 bridgehead atoms. The highest BCUT2D eigenvalue weighted by molar-refractivity contribution is 6.10. The van der Waals surface area contributed by atoms with Crippen LogP contribution in [-0.2, 0) is 14.3 Å². The van der Waals surface area contributed by atoms with Gasteiger partial charge in [-0.2, -0.15) is 0 Å². The van der Waals surface area contributed by atoms with Gasteiger partial charge in [0, 0.05) is 5.69 Å². The van der Waals surface area contributed by atoms with E-state index in [2.05, 4.69) is 10.6 Å². The van der Waals surface area contributed by atoms with Crippen molar-refractivity contribution < 1.29 is 24.0 Å². The first kappa shape index (κ1) is 21.5. The van der Waals surface area contributed by atoms with Crippen LogP contribution < -0.4 is 15.5 Å². The maximum atomic E-state index is 12.7. The Bertz CT molecular complexity index is 885. The zero-order valence-electron chi connectivity index (χ0n) is 17.1. The summed E-state index contributed by atoms with van der Waals surface area (Å²) in [6, 6.07) is 16.1. The van der Waals surface area contributed by atoms with Gasteiger partial charge in [-0.15, -0.1) is 0 Å². The van der Waals surface area contributed by atoms with E-state index in [-0.39, 0.29) is 30.2 Å². The molecule has 1 unspecified atom stereocenters. The Balaban J connectivity index is 1.60. The van der Waals surface area contributed by atoms with Gasteiger partial charge < -0.3 is 20.3 Å². The number of ether oxygens (including phenoxy) is 1. The van der Waals surface area contributed by atoms with E-state index in [1.54, 1.807) is 43.3 Å². The molecule has 2 amide bonds. The minimum atomic E-state index is -0.287. The number of hydrogen-bond acceptors (Lipinski definition) is 4. The second-order valence-corrected chi connectivity index (χ2v) is 7.39. The number of hydrogen-bond donors (Lipinski definition) is 3. The monoisotopic (exact) mass is 410 g/mol. The molecule has 0 saturated carbocycles. The average molecular weight is 410 g/mol. The normalized spacial score (nSPS) is 18.3. The van der Waals surface area contributed by atoms with Gasteiger partial charge in [0.25, 0.3) is 11.8 Å². The number of carbonyl (C=O) groups is 3. The highest BCUT2D eigenvalue weighted by Crippen LogP contribution is 2.17. The fourth-order valence-electron chi connectivity index (χ4n) is 3.70. The third kappa shape index (κ3) is 5.90. The van der Waals surface area contributed by atoms with Gasteiger partial charge in [0.1, 0.15) is 5.92 Å². The quantitative estimate of drug-likeness (QED) is 0.607. The van der Waals surface area contributed by atoms with Crippen molar-refractivity contribution in [3.8, 4) is 0 Å². The summed E-state index contributed by atoms with van der Waals surface area (Å²) in [5.41, 5.74) is 1.55. The van der Waals surface area contributed by atoms with Crippen LogP contribution in [0.25, 0.3) is 0 Å². The van der Waals surface area contributed by atoms with E-state index in [1.807, 2.05) is 18.2 Å². The summed E-state index contributed by atoms with van der Waals surface area (Å²) in [7, 11) is 0. The standard InChI is InChI=1S/C23H27N3O4/c1-2-30-23(29)17-9-8-14-26(15-17)16-21(27)25-20-13-7-6-12-19(20)22(28)24-18-10-4-3-5-11-18/h3-7,10-13,17H,2,8-9,14-16H2,1H3,(H,24,28)(H,25,27)/p+1/t17-/m1/s1. The molecule has 2 atom stereocenters. The highest BCUT2D eigenvalue weighted by Gasteiger charge is 2.30. The molecule has 1 saturated heterocycles. The number of benzene rings is 2. The number of piperidine rings is 1. The molecule has 1 aliphatic rings. The molecule has 2 aromatic rings. The van der Waals surface area contributed by atoms with Crippen LogP contribution >= 0.6 is 0 Å². The molecule has 7 heteroatoms. The van der Waals surface area contributed by atoms with Gasteiger partial charge in [0.2, 0.25) is 0 Å². The van der Waals surface area contributed by atoms with Gasteiger partial charge in [-0.1, -0.05) is 30.3 Å². The number of anilines is 2. The lowest BCUT2D eigenvalue weighted by atomic mass is 9.98. The van der Waals surface area contributed by atoms with Crippen molar-refractivity contribution in [2.45, 2.75) is 19.8 Å². The second kappa shape index (κ2) is 10.5. The van der Waals surface area contributed by atoms with Crippen molar-refractivity contribution in [2.75, 3.05) is 36.9 Å². The van der Waals surface area contributed by atoms with E-state index in [4.69, 9.17) is 4.74 Å². The summed E-state index contributed by atoms with van der Waals surface area (Å²) in [4.78, 5) is 38.4. The number of amides is 2. The summed E-state index contributed by atoms with van der Waals surface area (Å²) in [5, 5.41) is 5.69. The largest absolute Gasteiger partial charge is 0.466 e. The van der Waals surface area contributed by atoms with Crippen molar-refractivity contribution in [1.29, 1.82) is 0 Å². The Kier molecular flexibility index (Phi) is 7.57. The molecule has 2 aromatic carbocycles. The van der Waals surface area contributed by atoms with Crippen molar-refractivity contribution in [1.82, 2.24) is 0 Å². The number of esters is 1. The SMILES string of the molecule is CCOC(=O)[C@@H]1CCC[NH+](CC(=O)Nc2ccccc2C(=O)Nc2ccccc2)C1. The number of likely N-dealkylation sites (tertiary alicyclic amines) is 1. The number of para-hydroxylation sites is 2. The fraction of sp³-hybridized carbons (Fsp3) is 0.348. The minimum Gasteiger partial charge on any atom is -0.466 e. The summed E-state index contributed by atoms with van der Waals surface area (Å²) in [6.45, 7) is 3.82. The van der Waals surface area contributed by atoms with Gasteiger partial charge in [-0.05, 0) is 44.0 Å². The highest BCUT2D eigenvalue weighted by atomic mass is 16.5. The molecule has 3 rings (SSSR count). The van der Waals surface area contributed by atoms with Crippen LogP contribution in [0.4, 0.5) is 11.4 Å². The first-order valence-electron chi connectivity index (χ1n) is 10.3. The molecule has 30 heavy (non-hydrogen) atoms. The molecule has 7 nitrogen and oxygen atoms in total. The molecule has 0 radical (unpaired) electrons. The Morgan fingerprint density at radius 3 is 2.53 bits per heavy atom. The first-order valence-corrected chi connectivity index (χ1v) is 10.3. The third-order valence-electron chi connectivity index (χ3n) is 5.13. The van der Waals surface area contributed by atoms with Crippen LogP contribution in [0, 0.1) is 5.92 Å². The number of quaternary nitrogens is 1.